The highest BCUT2D eigenvalue weighted by molar-refractivity contribution is 5.96. The van der Waals surface area contributed by atoms with E-state index in [1.54, 1.807) is 24.3 Å². The first-order valence-corrected chi connectivity index (χ1v) is 4.55. The van der Waals surface area contributed by atoms with Crippen LogP contribution in [0.5, 0.6) is 5.75 Å². The minimum atomic E-state index is 0.0174. The number of nitrogens with zero attached hydrogens (tertiary/aromatic N) is 1. The number of hydrazine groups is 1. The molecule has 1 amide bonds. The third-order valence-electron chi connectivity index (χ3n) is 2.31. The zero-order valence-corrected chi connectivity index (χ0v) is 7.90. The molecule has 4 heteroatoms. The van der Waals surface area contributed by atoms with Gasteiger partial charge in [0.05, 0.1) is 11.6 Å². The molecule has 1 saturated heterocycles. The highest BCUT2D eigenvalue weighted by atomic mass is 16.3. The number of hydrogen-bond acceptors (Lipinski definition) is 3. The first-order valence-electron chi connectivity index (χ1n) is 4.55. The molecule has 4 nitrogen and oxygen atoms in total. The number of phenolic OH excluding ortho intramolecular Hbond substituents is 1. The Morgan fingerprint density at radius 1 is 1.43 bits per heavy atom. The maximum atomic E-state index is 11.6. The van der Waals surface area contributed by atoms with E-state index in [1.807, 2.05) is 6.92 Å². The zero-order chi connectivity index (χ0) is 10.1. The second-order valence-electron chi connectivity index (χ2n) is 3.45. The van der Waals surface area contributed by atoms with Gasteiger partial charge in [-0.3, -0.25) is 4.79 Å². The molecular weight excluding hydrogens is 180 g/mol. The molecule has 74 valence electrons. The minimum Gasteiger partial charge on any atom is -0.508 e. The molecule has 1 aromatic carbocycles. The first kappa shape index (κ1) is 9.02. The molecule has 1 unspecified atom stereocenters. The summed E-state index contributed by atoms with van der Waals surface area (Å²) in [5.74, 6) is 0.285. The summed E-state index contributed by atoms with van der Waals surface area (Å²) in [6.07, 6.45) is 0. The molecular formula is C10H12N2O2. The number of rotatable bonds is 1. The molecule has 1 atom stereocenters. The summed E-state index contributed by atoms with van der Waals surface area (Å²) in [4.78, 5) is 11.6. The minimum absolute atomic E-state index is 0.0174. The summed E-state index contributed by atoms with van der Waals surface area (Å²) in [7, 11) is 0. The molecule has 2 rings (SSSR count). The molecule has 0 aliphatic carbocycles. The zero-order valence-electron chi connectivity index (χ0n) is 7.90. The van der Waals surface area contributed by atoms with E-state index in [0.29, 0.717) is 6.54 Å². The van der Waals surface area contributed by atoms with E-state index in [0.717, 1.165) is 5.69 Å². The van der Waals surface area contributed by atoms with Gasteiger partial charge >= 0.3 is 0 Å². The van der Waals surface area contributed by atoms with Crippen molar-refractivity contribution in [3.63, 3.8) is 0 Å². The molecule has 0 saturated carbocycles. The number of aromatic hydroxyl groups is 1. The van der Waals surface area contributed by atoms with Gasteiger partial charge < -0.3 is 5.11 Å². The van der Waals surface area contributed by atoms with E-state index >= 15 is 0 Å². The molecule has 1 aromatic rings. The lowest BCUT2D eigenvalue weighted by molar-refractivity contribution is -0.119. The molecule has 1 heterocycles. The smallest absolute Gasteiger partial charge is 0.245 e. The lowest BCUT2D eigenvalue weighted by atomic mass is 10.2. The number of amides is 1. The second kappa shape index (κ2) is 3.31. The fourth-order valence-corrected chi connectivity index (χ4v) is 1.43. The lowest BCUT2D eigenvalue weighted by Crippen LogP contribution is -2.34. The van der Waals surface area contributed by atoms with Crippen molar-refractivity contribution in [1.82, 2.24) is 5.43 Å². The van der Waals surface area contributed by atoms with Gasteiger partial charge in [0, 0.05) is 6.54 Å². The monoisotopic (exact) mass is 192 g/mol. The van der Waals surface area contributed by atoms with Gasteiger partial charge in [0.25, 0.3) is 0 Å². The van der Waals surface area contributed by atoms with Crippen molar-refractivity contribution >= 4 is 11.6 Å². The molecule has 0 radical (unpaired) electrons. The van der Waals surface area contributed by atoms with Crippen molar-refractivity contribution in [2.45, 2.75) is 6.92 Å². The Hall–Kier alpha value is -1.55. The van der Waals surface area contributed by atoms with E-state index in [4.69, 9.17) is 5.11 Å². The van der Waals surface area contributed by atoms with Gasteiger partial charge in [0.1, 0.15) is 5.75 Å². The second-order valence-corrected chi connectivity index (χ2v) is 3.45. The van der Waals surface area contributed by atoms with Crippen LogP contribution in [0.1, 0.15) is 6.92 Å². The van der Waals surface area contributed by atoms with Gasteiger partial charge in [-0.1, -0.05) is 6.92 Å². The van der Waals surface area contributed by atoms with E-state index in [2.05, 4.69) is 5.43 Å². The van der Waals surface area contributed by atoms with Crippen LogP contribution in [-0.4, -0.2) is 17.6 Å². The van der Waals surface area contributed by atoms with Crippen LogP contribution in [0.3, 0.4) is 0 Å². The topological polar surface area (TPSA) is 52.6 Å². The van der Waals surface area contributed by atoms with Gasteiger partial charge in [-0.15, -0.1) is 0 Å². The van der Waals surface area contributed by atoms with Gasteiger partial charge in [-0.2, -0.15) is 0 Å². The normalized spacial score (nSPS) is 21.6. The maximum Gasteiger partial charge on any atom is 0.245 e. The van der Waals surface area contributed by atoms with Crippen LogP contribution < -0.4 is 10.4 Å². The number of phenols is 1. The Kier molecular flexibility index (Phi) is 2.13. The standard InChI is InChI=1S/C10H12N2O2/c1-7-6-11-12(10(7)14)8-2-4-9(13)5-3-8/h2-5,7,11,13H,6H2,1H3. The van der Waals surface area contributed by atoms with Crippen LogP contribution in [0.2, 0.25) is 0 Å². The Labute approximate surface area is 82.1 Å². The van der Waals surface area contributed by atoms with Gasteiger partial charge in [-0.25, -0.2) is 10.4 Å². The third kappa shape index (κ3) is 1.44. The molecule has 0 spiro atoms. The number of carbonyl (C=O) groups excluding carboxylic acids is 1. The van der Waals surface area contributed by atoms with Gasteiger partial charge in [0.15, 0.2) is 0 Å². The summed E-state index contributed by atoms with van der Waals surface area (Å²) >= 11 is 0. The maximum absolute atomic E-state index is 11.6. The van der Waals surface area contributed by atoms with Crippen LogP contribution >= 0.6 is 0 Å². The predicted octanol–water partition coefficient (Wildman–Crippen LogP) is 0.879. The van der Waals surface area contributed by atoms with Crippen molar-refractivity contribution in [2.24, 2.45) is 5.92 Å². The van der Waals surface area contributed by atoms with Crippen molar-refractivity contribution in [3.8, 4) is 5.75 Å². The Morgan fingerprint density at radius 3 is 2.57 bits per heavy atom. The Bertz CT molecular complexity index is 348. The average Bonchev–Trinajstić information content (AvgIpc) is 2.50. The van der Waals surface area contributed by atoms with Gasteiger partial charge in [-0.05, 0) is 24.3 Å². The van der Waals surface area contributed by atoms with Crippen molar-refractivity contribution in [1.29, 1.82) is 0 Å². The molecule has 14 heavy (non-hydrogen) atoms. The van der Waals surface area contributed by atoms with E-state index in [1.165, 1.54) is 5.01 Å². The summed E-state index contributed by atoms with van der Waals surface area (Å²) in [6, 6.07) is 6.54. The highest BCUT2D eigenvalue weighted by Crippen LogP contribution is 2.21. The number of benzene rings is 1. The summed E-state index contributed by atoms with van der Waals surface area (Å²) in [6.45, 7) is 2.55. The molecule has 0 bridgehead atoms. The van der Waals surface area contributed by atoms with E-state index in [9.17, 15) is 4.79 Å². The van der Waals surface area contributed by atoms with E-state index < -0.39 is 0 Å². The van der Waals surface area contributed by atoms with Crippen molar-refractivity contribution in [2.75, 3.05) is 11.6 Å². The van der Waals surface area contributed by atoms with Crippen LogP contribution in [0.4, 0.5) is 5.69 Å². The molecule has 0 aromatic heterocycles. The van der Waals surface area contributed by atoms with Crippen LogP contribution in [0.25, 0.3) is 0 Å². The molecule has 1 aliphatic heterocycles. The third-order valence-corrected chi connectivity index (χ3v) is 2.31. The van der Waals surface area contributed by atoms with Crippen molar-refractivity contribution in [3.05, 3.63) is 24.3 Å². The fourth-order valence-electron chi connectivity index (χ4n) is 1.43. The van der Waals surface area contributed by atoms with Crippen LogP contribution in [0.15, 0.2) is 24.3 Å². The van der Waals surface area contributed by atoms with Crippen LogP contribution in [-0.2, 0) is 4.79 Å². The van der Waals surface area contributed by atoms with Crippen molar-refractivity contribution < 1.29 is 9.90 Å². The summed E-state index contributed by atoms with van der Waals surface area (Å²) in [5.41, 5.74) is 3.76. The quantitative estimate of drug-likeness (QED) is 0.694. The largest absolute Gasteiger partial charge is 0.508 e. The Balaban J connectivity index is 2.24. The van der Waals surface area contributed by atoms with Crippen LogP contribution in [0, 0.1) is 5.92 Å². The lowest BCUT2D eigenvalue weighted by Gasteiger charge is -2.15. The molecule has 1 fully saturated rings. The van der Waals surface area contributed by atoms with E-state index in [-0.39, 0.29) is 17.6 Å². The van der Waals surface area contributed by atoms with Gasteiger partial charge in [0.2, 0.25) is 5.91 Å². The average molecular weight is 192 g/mol. The number of nitrogens with one attached hydrogen (secondary N) is 1. The number of anilines is 1. The SMILES string of the molecule is CC1CNN(c2ccc(O)cc2)C1=O. The predicted molar refractivity (Wildman–Crippen MR) is 52.8 cm³/mol. The number of hydrogen-bond donors (Lipinski definition) is 2. The Morgan fingerprint density at radius 2 is 2.07 bits per heavy atom. The number of carbonyl (C=O) groups is 1. The summed E-state index contributed by atoms with van der Waals surface area (Å²) in [5, 5.41) is 10.6. The first-order chi connectivity index (χ1) is 6.68. The molecule has 1 aliphatic rings. The summed E-state index contributed by atoms with van der Waals surface area (Å²) < 4.78 is 0. The highest BCUT2D eigenvalue weighted by Gasteiger charge is 2.28. The molecule has 2 N–H and O–H groups in total. The fraction of sp³-hybridized carbons (Fsp3) is 0.300.